The number of carbonyl (C=O) groups is 2. The molecule has 7 N–H and O–H groups in total. The average molecular weight is 558 g/mol. The molecule has 0 aromatic rings. The lowest BCUT2D eigenvalue weighted by molar-refractivity contribution is -0.130. The summed E-state index contributed by atoms with van der Waals surface area (Å²) >= 11 is 6.36. The first-order valence-electron chi connectivity index (χ1n) is 12.9. The van der Waals surface area contributed by atoms with Crippen molar-refractivity contribution in [1.29, 1.82) is 0 Å². The van der Waals surface area contributed by atoms with E-state index in [2.05, 4.69) is 12.2 Å². The maximum absolute atomic E-state index is 13.6. The van der Waals surface area contributed by atoms with Crippen LogP contribution < -0.4 is 11.1 Å². The molecule has 1 aliphatic rings. The van der Waals surface area contributed by atoms with Crippen molar-refractivity contribution in [3.05, 3.63) is 0 Å². The molecular formula is C25H49ClFN3O7. The van der Waals surface area contributed by atoms with Crippen LogP contribution in [0.15, 0.2) is 0 Å². The van der Waals surface area contributed by atoms with Crippen LogP contribution in [0.5, 0.6) is 0 Å². The molecule has 1 saturated heterocycles. The van der Waals surface area contributed by atoms with Crippen molar-refractivity contribution in [2.75, 3.05) is 26.9 Å². The number of aliphatic hydroxyl groups is 4. The lowest BCUT2D eigenvalue weighted by Gasteiger charge is -2.39. The summed E-state index contributed by atoms with van der Waals surface area (Å²) in [5.74, 6) is -1.34. The highest BCUT2D eigenvalue weighted by Crippen LogP contribution is 2.28. The van der Waals surface area contributed by atoms with E-state index < -0.39 is 65.9 Å². The fourth-order valence-electron chi connectivity index (χ4n) is 4.65. The third kappa shape index (κ3) is 11.6. The predicted octanol–water partition coefficient (Wildman–Crippen LogP) is 1.54. The van der Waals surface area contributed by atoms with Crippen molar-refractivity contribution in [1.82, 2.24) is 10.2 Å². The summed E-state index contributed by atoms with van der Waals surface area (Å²) in [5, 5.41) is 42.7. The van der Waals surface area contributed by atoms with Crippen LogP contribution in [0.1, 0.15) is 66.7 Å². The SMILES string of the molecule is CCCC1CCC(C(=O)NC(C(C)Cl)C(C(O)CO)C(O)C(O)CN)N(C(=O)OC(C)(C)C)CC1.CF. The summed E-state index contributed by atoms with van der Waals surface area (Å²) in [6.45, 7) is 8.29. The van der Waals surface area contributed by atoms with Crippen LogP contribution in [-0.2, 0) is 9.53 Å². The quantitative estimate of drug-likeness (QED) is 0.208. The Labute approximate surface area is 225 Å². The van der Waals surface area contributed by atoms with Crippen LogP contribution >= 0.6 is 11.6 Å². The number of ether oxygens (including phenoxy) is 1. The van der Waals surface area contributed by atoms with Gasteiger partial charge in [0.05, 0.1) is 43.5 Å². The van der Waals surface area contributed by atoms with Gasteiger partial charge in [-0.15, -0.1) is 11.6 Å². The van der Waals surface area contributed by atoms with Gasteiger partial charge in [-0.3, -0.25) is 14.1 Å². The average Bonchev–Trinajstić information content (AvgIpc) is 3.05. The summed E-state index contributed by atoms with van der Waals surface area (Å²) in [6.07, 6.45) is -1.11. The zero-order valence-corrected chi connectivity index (χ0v) is 23.8. The van der Waals surface area contributed by atoms with E-state index >= 15 is 0 Å². The highest BCUT2D eigenvalue weighted by atomic mass is 35.5. The zero-order chi connectivity index (χ0) is 28.9. The number of nitrogens with two attached hydrogens (primary N) is 1. The lowest BCUT2D eigenvalue weighted by Crippen LogP contribution is -2.60. The molecule has 220 valence electrons. The Morgan fingerprint density at radius 2 is 1.76 bits per heavy atom. The number of hydrogen-bond donors (Lipinski definition) is 6. The second-order valence-corrected chi connectivity index (χ2v) is 11.2. The van der Waals surface area contributed by atoms with Gasteiger partial charge in [-0.1, -0.05) is 19.8 Å². The van der Waals surface area contributed by atoms with Gasteiger partial charge < -0.3 is 36.2 Å². The van der Waals surface area contributed by atoms with Gasteiger partial charge in [0, 0.05) is 19.0 Å². The molecule has 2 amide bonds. The van der Waals surface area contributed by atoms with Crippen LogP contribution in [0.2, 0.25) is 0 Å². The van der Waals surface area contributed by atoms with Gasteiger partial charge in [-0.2, -0.15) is 0 Å². The van der Waals surface area contributed by atoms with E-state index in [1.165, 1.54) is 4.90 Å². The minimum atomic E-state index is -1.56. The van der Waals surface area contributed by atoms with Crippen molar-refractivity contribution in [3.8, 4) is 0 Å². The summed E-state index contributed by atoms with van der Waals surface area (Å²) in [7, 11) is 0.500. The minimum absolute atomic E-state index is 0.291. The molecular weight excluding hydrogens is 509 g/mol. The molecule has 12 heteroatoms. The fraction of sp³-hybridized carbons (Fsp3) is 0.920. The number of rotatable bonds is 11. The summed E-state index contributed by atoms with van der Waals surface area (Å²) in [6, 6.07) is -1.87. The Hall–Kier alpha value is -1.24. The van der Waals surface area contributed by atoms with Gasteiger partial charge in [0.1, 0.15) is 11.6 Å². The van der Waals surface area contributed by atoms with E-state index in [4.69, 9.17) is 22.1 Å². The molecule has 0 saturated carbocycles. The first-order chi connectivity index (χ1) is 17.3. The Kier molecular flexibility index (Phi) is 16.8. The number of nitrogens with one attached hydrogen (secondary N) is 1. The van der Waals surface area contributed by atoms with Crippen LogP contribution in [0.3, 0.4) is 0 Å². The molecule has 0 aromatic heterocycles. The van der Waals surface area contributed by atoms with E-state index in [0.29, 0.717) is 26.1 Å². The number of aliphatic hydroxyl groups excluding tert-OH is 4. The smallest absolute Gasteiger partial charge is 0.410 e. The van der Waals surface area contributed by atoms with Crippen molar-refractivity contribution < 1.29 is 39.1 Å². The monoisotopic (exact) mass is 557 g/mol. The van der Waals surface area contributed by atoms with Crippen molar-refractivity contribution in [2.24, 2.45) is 17.6 Å². The molecule has 0 radical (unpaired) electrons. The zero-order valence-electron chi connectivity index (χ0n) is 23.1. The van der Waals surface area contributed by atoms with E-state index in [1.807, 2.05) is 0 Å². The van der Waals surface area contributed by atoms with Gasteiger partial charge in [0.25, 0.3) is 0 Å². The van der Waals surface area contributed by atoms with Crippen LogP contribution in [0.25, 0.3) is 0 Å². The number of carbonyl (C=O) groups excluding carboxylic acids is 2. The molecule has 1 rings (SSSR count). The minimum Gasteiger partial charge on any atom is -0.444 e. The molecule has 1 aliphatic heterocycles. The summed E-state index contributed by atoms with van der Waals surface area (Å²) in [5.41, 5.74) is 4.73. The van der Waals surface area contributed by atoms with Crippen LogP contribution in [0.4, 0.5) is 9.18 Å². The lowest BCUT2D eigenvalue weighted by atomic mass is 9.83. The van der Waals surface area contributed by atoms with Gasteiger partial charge in [-0.05, 0) is 52.9 Å². The van der Waals surface area contributed by atoms with Crippen LogP contribution in [-0.4, -0.2) is 106 Å². The Morgan fingerprint density at radius 3 is 2.22 bits per heavy atom. The number of likely N-dealkylation sites (tertiary alicyclic amines) is 1. The molecule has 0 aliphatic carbocycles. The summed E-state index contributed by atoms with van der Waals surface area (Å²) < 4.78 is 15.1. The fourth-order valence-corrected chi connectivity index (χ4v) is 4.89. The van der Waals surface area contributed by atoms with E-state index in [9.17, 15) is 34.4 Å². The van der Waals surface area contributed by atoms with Crippen molar-refractivity contribution in [3.63, 3.8) is 0 Å². The first kappa shape index (κ1) is 35.8. The van der Waals surface area contributed by atoms with Gasteiger partial charge in [0.15, 0.2) is 0 Å². The molecule has 0 bridgehead atoms. The molecule has 1 heterocycles. The predicted molar refractivity (Wildman–Crippen MR) is 141 cm³/mol. The normalized spacial score (nSPS) is 23.3. The summed E-state index contributed by atoms with van der Waals surface area (Å²) in [4.78, 5) is 28.0. The number of nitrogens with zero attached hydrogens (tertiary/aromatic N) is 1. The number of hydrogen-bond acceptors (Lipinski definition) is 8. The molecule has 10 nitrogen and oxygen atoms in total. The third-order valence-electron chi connectivity index (χ3n) is 6.51. The highest BCUT2D eigenvalue weighted by molar-refractivity contribution is 6.21. The third-order valence-corrected chi connectivity index (χ3v) is 6.78. The number of halogens is 2. The second-order valence-electron chi connectivity index (χ2n) is 10.5. The van der Waals surface area contributed by atoms with Crippen LogP contribution in [0, 0.1) is 11.8 Å². The maximum atomic E-state index is 13.6. The second kappa shape index (κ2) is 17.4. The number of amides is 2. The van der Waals surface area contributed by atoms with Crippen molar-refractivity contribution >= 4 is 23.6 Å². The topological polar surface area (TPSA) is 166 Å². The molecule has 8 unspecified atom stereocenters. The van der Waals surface area contributed by atoms with E-state index in [0.717, 1.165) is 25.7 Å². The van der Waals surface area contributed by atoms with Gasteiger partial charge in [0.2, 0.25) is 5.91 Å². The molecule has 0 aromatic carbocycles. The Morgan fingerprint density at radius 1 is 1.16 bits per heavy atom. The highest BCUT2D eigenvalue weighted by Gasteiger charge is 2.43. The van der Waals surface area contributed by atoms with E-state index in [-0.39, 0.29) is 6.54 Å². The number of alkyl halides is 2. The van der Waals surface area contributed by atoms with E-state index in [1.54, 1.807) is 27.7 Å². The largest absolute Gasteiger partial charge is 0.444 e. The standard InChI is InChI=1S/C24H46ClN3O7.CH3F/c1-6-7-15-8-9-16(28(11-10-15)23(34)35-24(3,4)5)22(33)27-20(14(2)25)19(18(31)13-29)21(32)17(30)12-26;1-2/h14-21,29-32H,6-13,26H2,1-5H3,(H,27,33);1H3. The maximum Gasteiger partial charge on any atom is 0.410 e. The van der Waals surface area contributed by atoms with Crippen molar-refractivity contribution in [2.45, 2.75) is 108 Å². The van der Waals surface area contributed by atoms with Gasteiger partial charge in [-0.25, -0.2) is 4.79 Å². The molecule has 0 spiro atoms. The Balaban J connectivity index is 0.00000631. The molecule has 37 heavy (non-hydrogen) atoms. The first-order valence-corrected chi connectivity index (χ1v) is 13.4. The molecule has 1 fully saturated rings. The van der Waals surface area contributed by atoms with Gasteiger partial charge >= 0.3 is 6.09 Å². The Bertz CT molecular complexity index is 669. The molecule has 8 atom stereocenters.